The summed E-state index contributed by atoms with van der Waals surface area (Å²) in [5, 5.41) is 17.2. The molecule has 0 radical (unpaired) electrons. The number of carbonyl (C=O) groups excluding carboxylic acids is 1. The fraction of sp³-hybridized carbons (Fsp3) is 0.412. The molecule has 1 aromatic carbocycles. The topological polar surface area (TPSA) is 72.5 Å². The number of H-pyrrole nitrogens is 1. The number of carbonyl (C=O) groups is 1. The van der Waals surface area contributed by atoms with Gasteiger partial charge < -0.3 is 10.0 Å². The average molecular weight is 314 g/mol. The van der Waals surface area contributed by atoms with E-state index in [-0.39, 0.29) is 5.91 Å². The molecule has 1 aromatic heterocycles. The zero-order chi connectivity index (χ0) is 16.3. The molecule has 2 aromatic rings. The van der Waals surface area contributed by atoms with Gasteiger partial charge in [-0.25, -0.2) is 0 Å². The van der Waals surface area contributed by atoms with Crippen molar-refractivity contribution in [2.45, 2.75) is 18.6 Å². The fourth-order valence-corrected chi connectivity index (χ4v) is 3.14. The van der Waals surface area contributed by atoms with Crippen LogP contribution in [0.15, 0.2) is 42.6 Å². The third-order valence-electron chi connectivity index (χ3n) is 4.27. The maximum absolute atomic E-state index is 12.2. The first kappa shape index (κ1) is 15.7. The van der Waals surface area contributed by atoms with Gasteiger partial charge in [-0.2, -0.15) is 5.10 Å². The standard InChI is InChI=1S/C17H22N4O2/c1-20(16(22)15-7-9-18-19-15)12-17(23)8-10-21(13-17)11-14-5-3-2-4-6-14/h2-7,9,23H,8,10-13H2,1H3,(H,18,19)/t17-/m1/s1. The summed E-state index contributed by atoms with van der Waals surface area (Å²) in [6.07, 6.45) is 2.22. The van der Waals surface area contributed by atoms with E-state index in [1.807, 2.05) is 18.2 Å². The highest BCUT2D eigenvalue weighted by atomic mass is 16.3. The summed E-state index contributed by atoms with van der Waals surface area (Å²) in [6, 6.07) is 11.9. The summed E-state index contributed by atoms with van der Waals surface area (Å²) < 4.78 is 0. The summed E-state index contributed by atoms with van der Waals surface area (Å²) in [6.45, 7) is 2.54. The number of likely N-dealkylation sites (N-methyl/N-ethyl adjacent to an activating group) is 1. The molecular weight excluding hydrogens is 292 g/mol. The Kier molecular flexibility index (Phi) is 4.45. The molecule has 6 heteroatoms. The Labute approximate surface area is 135 Å². The van der Waals surface area contributed by atoms with E-state index in [9.17, 15) is 9.90 Å². The lowest BCUT2D eigenvalue weighted by Gasteiger charge is -2.29. The number of amides is 1. The number of aromatic nitrogens is 2. The molecule has 1 aliphatic rings. The van der Waals surface area contributed by atoms with Crippen molar-refractivity contribution < 1.29 is 9.90 Å². The molecule has 0 saturated carbocycles. The van der Waals surface area contributed by atoms with Gasteiger partial charge in [0.1, 0.15) is 5.69 Å². The van der Waals surface area contributed by atoms with Crippen molar-refractivity contribution in [3.05, 3.63) is 53.9 Å². The molecule has 23 heavy (non-hydrogen) atoms. The molecule has 0 bridgehead atoms. The van der Waals surface area contributed by atoms with Crippen LogP contribution in [0.2, 0.25) is 0 Å². The lowest BCUT2D eigenvalue weighted by molar-refractivity contribution is 0.0168. The minimum absolute atomic E-state index is 0.155. The molecule has 0 unspecified atom stereocenters. The van der Waals surface area contributed by atoms with E-state index in [0.717, 1.165) is 13.1 Å². The second-order valence-electron chi connectivity index (χ2n) is 6.30. The molecule has 122 valence electrons. The minimum Gasteiger partial charge on any atom is -0.387 e. The highest BCUT2D eigenvalue weighted by molar-refractivity contribution is 5.92. The van der Waals surface area contributed by atoms with Gasteiger partial charge in [0, 0.05) is 32.9 Å². The number of rotatable bonds is 5. The molecule has 0 aliphatic carbocycles. The number of β-amino-alcohol motifs (C(OH)–C–C–N with tert-alkyl or cyclic N) is 1. The van der Waals surface area contributed by atoms with Gasteiger partial charge in [-0.3, -0.25) is 14.8 Å². The van der Waals surface area contributed by atoms with E-state index >= 15 is 0 Å². The van der Waals surface area contributed by atoms with Gasteiger partial charge in [-0.1, -0.05) is 30.3 Å². The average Bonchev–Trinajstić information content (AvgIpc) is 3.18. The van der Waals surface area contributed by atoms with Crippen LogP contribution in [0, 0.1) is 0 Å². The Hall–Kier alpha value is -2.18. The third kappa shape index (κ3) is 3.78. The first-order chi connectivity index (χ1) is 11.1. The highest BCUT2D eigenvalue weighted by Crippen LogP contribution is 2.24. The summed E-state index contributed by atoms with van der Waals surface area (Å²) in [7, 11) is 1.71. The van der Waals surface area contributed by atoms with Crippen LogP contribution in [0.1, 0.15) is 22.5 Å². The molecule has 2 heterocycles. The summed E-state index contributed by atoms with van der Waals surface area (Å²) in [5.74, 6) is -0.155. The number of benzene rings is 1. The number of aliphatic hydroxyl groups is 1. The molecule has 0 spiro atoms. The second kappa shape index (κ2) is 6.52. The molecule has 1 aliphatic heterocycles. The van der Waals surface area contributed by atoms with Crippen LogP contribution in [-0.4, -0.2) is 63.3 Å². The summed E-state index contributed by atoms with van der Waals surface area (Å²) in [4.78, 5) is 16.0. The molecule has 2 N–H and O–H groups in total. The first-order valence-corrected chi connectivity index (χ1v) is 7.79. The van der Waals surface area contributed by atoms with E-state index in [1.54, 1.807) is 24.2 Å². The van der Waals surface area contributed by atoms with Gasteiger partial charge in [0.15, 0.2) is 0 Å². The molecule has 3 rings (SSSR count). The third-order valence-corrected chi connectivity index (χ3v) is 4.27. The Bertz CT molecular complexity index is 644. The van der Waals surface area contributed by atoms with Crippen LogP contribution in [0.3, 0.4) is 0 Å². The van der Waals surface area contributed by atoms with Crippen molar-refractivity contribution in [3.8, 4) is 0 Å². The smallest absolute Gasteiger partial charge is 0.271 e. The number of hydrogen-bond acceptors (Lipinski definition) is 4. The molecular formula is C17H22N4O2. The fourth-order valence-electron chi connectivity index (χ4n) is 3.14. The summed E-state index contributed by atoms with van der Waals surface area (Å²) >= 11 is 0. The Morgan fingerprint density at radius 1 is 1.39 bits per heavy atom. The number of nitrogens with zero attached hydrogens (tertiary/aromatic N) is 3. The second-order valence-corrected chi connectivity index (χ2v) is 6.30. The zero-order valence-corrected chi connectivity index (χ0v) is 13.3. The van der Waals surface area contributed by atoms with Gasteiger partial charge in [-0.15, -0.1) is 0 Å². The van der Waals surface area contributed by atoms with Gasteiger partial charge in [0.2, 0.25) is 0 Å². The maximum atomic E-state index is 12.2. The van der Waals surface area contributed by atoms with Crippen molar-refractivity contribution in [2.75, 3.05) is 26.7 Å². The number of aromatic amines is 1. The lowest BCUT2D eigenvalue weighted by Crippen LogP contribution is -2.45. The monoisotopic (exact) mass is 314 g/mol. The van der Waals surface area contributed by atoms with Crippen LogP contribution in [0.25, 0.3) is 0 Å². The number of hydrogen-bond donors (Lipinski definition) is 2. The van der Waals surface area contributed by atoms with Crippen LogP contribution in [0.5, 0.6) is 0 Å². The van der Waals surface area contributed by atoms with Crippen molar-refractivity contribution in [1.29, 1.82) is 0 Å². The Morgan fingerprint density at radius 3 is 2.87 bits per heavy atom. The number of nitrogens with one attached hydrogen (secondary N) is 1. The van der Waals surface area contributed by atoms with Crippen molar-refractivity contribution >= 4 is 5.91 Å². The van der Waals surface area contributed by atoms with Crippen LogP contribution < -0.4 is 0 Å². The highest BCUT2D eigenvalue weighted by Gasteiger charge is 2.38. The van der Waals surface area contributed by atoms with Crippen molar-refractivity contribution in [2.24, 2.45) is 0 Å². The molecule has 1 fully saturated rings. The normalized spacial score (nSPS) is 21.5. The van der Waals surface area contributed by atoms with Gasteiger partial charge >= 0.3 is 0 Å². The lowest BCUT2D eigenvalue weighted by atomic mass is 10.0. The van der Waals surface area contributed by atoms with Crippen molar-refractivity contribution in [3.63, 3.8) is 0 Å². The summed E-state index contributed by atoms with van der Waals surface area (Å²) in [5.41, 5.74) is 0.813. The van der Waals surface area contributed by atoms with E-state index < -0.39 is 5.60 Å². The molecule has 1 atom stereocenters. The van der Waals surface area contributed by atoms with Crippen LogP contribution >= 0.6 is 0 Å². The zero-order valence-electron chi connectivity index (χ0n) is 13.3. The largest absolute Gasteiger partial charge is 0.387 e. The van der Waals surface area contributed by atoms with Gasteiger partial charge in [0.25, 0.3) is 5.91 Å². The quantitative estimate of drug-likeness (QED) is 0.867. The van der Waals surface area contributed by atoms with E-state index in [0.29, 0.717) is 25.2 Å². The Balaban J connectivity index is 1.57. The van der Waals surface area contributed by atoms with Gasteiger partial charge in [-0.05, 0) is 18.1 Å². The predicted octanol–water partition coefficient (Wildman–Crippen LogP) is 1.12. The Morgan fingerprint density at radius 2 is 2.17 bits per heavy atom. The molecule has 6 nitrogen and oxygen atoms in total. The van der Waals surface area contributed by atoms with Crippen molar-refractivity contribution in [1.82, 2.24) is 20.0 Å². The minimum atomic E-state index is -0.862. The van der Waals surface area contributed by atoms with Crippen LogP contribution in [-0.2, 0) is 6.54 Å². The maximum Gasteiger partial charge on any atom is 0.271 e. The van der Waals surface area contributed by atoms with E-state index in [4.69, 9.17) is 0 Å². The molecule has 1 saturated heterocycles. The first-order valence-electron chi connectivity index (χ1n) is 7.79. The van der Waals surface area contributed by atoms with Crippen LogP contribution in [0.4, 0.5) is 0 Å². The van der Waals surface area contributed by atoms with Gasteiger partial charge in [0.05, 0.1) is 12.1 Å². The van der Waals surface area contributed by atoms with E-state index in [2.05, 4.69) is 27.2 Å². The van der Waals surface area contributed by atoms with E-state index in [1.165, 1.54) is 5.56 Å². The SMILES string of the molecule is CN(C[C@]1(O)CCN(Cc2ccccc2)C1)C(=O)c1ccn[nH]1. The molecule has 1 amide bonds. The predicted molar refractivity (Wildman–Crippen MR) is 86.8 cm³/mol. The number of likely N-dealkylation sites (tertiary alicyclic amines) is 1.